The van der Waals surface area contributed by atoms with Gasteiger partial charge < -0.3 is 5.11 Å². The summed E-state index contributed by atoms with van der Waals surface area (Å²) >= 11 is 0. The Labute approximate surface area is 91.5 Å². The lowest BCUT2D eigenvalue weighted by molar-refractivity contribution is -0.142. The van der Waals surface area contributed by atoms with Gasteiger partial charge in [0, 0.05) is 6.54 Å². The van der Waals surface area contributed by atoms with E-state index in [1.165, 1.54) is 32.1 Å². The lowest BCUT2D eigenvalue weighted by Gasteiger charge is -2.29. The zero-order valence-electron chi connectivity index (χ0n) is 9.32. The molecule has 1 unspecified atom stereocenters. The topological polar surface area (TPSA) is 40.5 Å². The van der Waals surface area contributed by atoms with E-state index in [1.54, 1.807) is 0 Å². The smallest absolute Gasteiger partial charge is 0.320 e. The molecule has 3 heteroatoms. The number of aliphatic carboxylic acids is 1. The van der Waals surface area contributed by atoms with E-state index in [1.807, 2.05) is 0 Å². The number of hydrogen-bond donors (Lipinski definition) is 1. The van der Waals surface area contributed by atoms with Crippen molar-refractivity contribution in [1.82, 2.24) is 4.90 Å². The summed E-state index contributed by atoms with van der Waals surface area (Å²) in [5.74, 6) is 0.141. The summed E-state index contributed by atoms with van der Waals surface area (Å²) in [5, 5.41) is 9.07. The van der Waals surface area contributed by atoms with E-state index in [0.717, 1.165) is 31.8 Å². The second-order valence-corrected chi connectivity index (χ2v) is 5.00. The Morgan fingerprint density at radius 2 is 1.87 bits per heavy atom. The molecule has 1 heterocycles. The number of hydrogen-bond acceptors (Lipinski definition) is 2. The minimum absolute atomic E-state index is 0.188. The van der Waals surface area contributed by atoms with E-state index >= 15 is 0 Å². The van der Waals surface area contributed by atoms with Crippen LogP contribution >= 0.6 is 0 Å². The monoisotopic (exact) mass is 211 g/mol. The van der Waals surface area contributed by atoms with Gasteiger partial charge in [-0.2, -0.15) is 0 Å². The van der Waals surface area contributed by atoms with Gasteiger partial charge in [-0.1, -0.05) is 19.3 Å². The van der Waals surface area contributed by atoms with Crippen molar-refractivity contribution in [3.8, 4) is 0 Å². The molecule has 1 atom stereocenters. The molecule has 1 aliphatic heterocycles. The first kappa shape index (κ1) is 10.9. The van der Waals surface area contributed by atoms with Crippen LogP contribution in [0.5, 0.6) is 0 Å². The quantitative estimate of drug-likeness (QED) is 0.777. The Morgan fingerprint density at radius 3 is 2.53 bits per heavy atom. The van der Waals surface area contributed by atoms with Gasteiger partial charge in [0.05, 0.1) is 0 Å². The molecule has 0 bridgehead atoms. The fourth-order valence-electron chi connectivity index (χ4n) is 3.03. The number of carbonyl (C=O) groups is 1. The average Bonchev–Trinajstić information content (AvgIpc) is 2.67. The lowest BCUT2D eigenvalue weighted by atomic mass is 9.89. The number of carboxylic acid groups (broad SMARTS) is 1. The number of carboxylic acids is 1. The van der Waals surface area contributed by atoms with Crippen LogP contribution in [0.1, 0.15) is 44.9 Å². The summed E-state index contributed by atoms with van der Waals surface area (Å²) in [6.45, 7) is 2.02. The Morgan fingerprint density at radius 1 is 1.13 bits per heavy atom. The first-order valence-corrected chi connectivity index (χ1v) is 6.24. The summed E-state index contributed by atoms with van der Waals surface area (Å²) < 4.78 is 0. The minimum atomic E-state index is -0.622. The molecular weight excluding hydrogens is 190 g/mol. The molecule has 15 heavy (non-hydrogen) atoms. The van der Waals surface area contributed by atoms with E-state index in [0.29, 0.717) is 0 Å². The van der Waals surface area contributed by atoms with E-state index < -0.39 is 5.97 Å². The van der Waals surface area contributed by atoms with E-state index in [4.69, 9.17) is 5.11 Å². The van der Waals surface area contributed by atoms with Crippen molar-refractivity contribution in [3.05, 3.63) is 0 Å². The minimum Gasteiger partial charge on any atom is -0.480 e. The molecule has 0 aromatic carbocycles. The highest BCUT2D eigenvalue weighted by Gasteiger charge is 2.31. The molecule has 1 saturated heterocycles. The Balaban J connectivity index is 1.84. The maximum Gasteiger partial charge on any atom is 0.320 e. The summed E-state index contributed by atoms with van der Waals surface area (Å²) in [6.07, 6.45) is 8.59. The highest BCUT2D eigenvalue weighted by atomic mass is 16.4. The number of rotatable bonds is 3. The Kier molecular flexibility index (Phi) is 3.62. The second-order valence-electron chi connectivity index (χ2n) is 5.00. The van der Waals surface area contributed by atoms with Crippen molar-refractivity contribution in [2.24, 2.45) is 5.92 Å². The maximum absolute atomic E-state index is 11.0. The normalized spacial score (nSPS) is 29.5. The summed E-state index contributed by atoms with van der Waals surface area (Å²) in [6, 6.07) is -0.188. The molecule has 0 spiro atoms. The van der Waals surface area contributed by atoms with Crippen molar-refractivity contribution >= 4 is 5.97 Å². The summed E-state index contributed by atoms with van der Waals surface area (Å²) in [4.78, 5) is 13.2. The molecule has 2 fully saturated rings. The van der Waals surface area contributed by atoms with Gasteiger partial charge in [0.25, 0.3) is 0 Å². The molecule has 1 N–H and O–H groups in total. The van der Waals surface area contributed by atoms with Gasteiger partial charge in [-0.25, -0.2) is 0 Å². The van der Waals surface area contributed by atoms with Crippen LogP contribution in [0.4, 0.5) is 0 Å². The fraction of sp³-hybridized carbons (Fsp3) is 0.917. The number of nitrogens with zero attached hydrogens (tertiary/aromatic N) is 1. The van der Waals surface area contributed by atoms with Crippen LogP contribution < -0.4 is 0 Å². The molecule has 0 aromatic rings. The molecule has 0 radical (unpaired) electrons. The molecule has 2 aliphatic rings. The van der Waals surface area contributed by atoms with Crippen molar-refractivity contribution in [1.29, 1.82) is 0 Å². The fourth-order valence-corrected chi connectivity index (χ4v) is 3.03. The Hall–Kier alpha value is -0.570. The van der Waals surface area contributed by atoms with E-state index in [-0.39, 0.29) is 6.04 Å². The Bertz CT molecular complexity index is 224. The highest BCUT2D eigenvalue weighted by molar-refractivity contribution is 5.73. The molecule has 3 nitrogen and oxygen atoms in total. The van der Waals surface area contributed by atoms with Crippen LogP contribution in [-0.4, -0.2) is 35.1 Å². The van der Waals surface area contributed by atoms with E-state index in [9.17, 15) is 4.79 Å². The highest BCUT2D eigenvalue weighted by Crippen LogP contribution is 2.27. The van der Waals surface area contributed by atoms with Crippen LogP contribution in [0.15, 0.2) is 0 Å². The van der Waals surface area contributed by atoms with Crippen LogP contribution in [-0.2, 0) is 4.79 Å². The van der Waals surface area contributed by atoms with Crippen LogP contribution in [0, 0.1) is 5.92 Å². The lowest BCUT2D eigenvalue weighted by Crippen LogP contribution is -2.39. The van der Waals surface area contributed by atoms with Gasteiger partial charge >= 0.3 is 5.97 Å². The van der Waals surface area contributed by atoms with Crippen molar-refractivity contribution < 1.29 is 9.90 Å². The van der Waals surface area contributed by atoms with Gasteiger partial charge in [-0.15, -0.1) is 0 Å². The summed E-state index contributed by atoms with van der Waals surface area (Å²) in [5.41, 5.74) is 0. The van der Waals surface area contributed by atoms with Crippen LogP contribution in [0.25, 0.3) is 0 Å². The first-order valence-electron chi connectivity index (χ1n) is 6.24. The third-order valence-corrected chi connectivity index (χ3v) is 3.87. The third kappa shape index (κ3) is 2.71. The average molecular weight is 211 g/mol. The second kappa shape index (κ2) is 4.97. The first-order chi connectivity index (χ1) is 7.27. The zero-order chi connectivity index (χ0) is 10.7. The van der Waals surface area contributed by atoms with Gasteiger partial charge in [0.15, 0.2) is 0 Å². The van der Waals surface area contributed by atoms with Crippen molar-refractivity contribution in [2.45, 2.75) is 51.0 Å². The predicted molar refractivity (Wildman–Crippen MR) is 58.8 cm³/mol. The largest absolute Gasteiger partial charge is 0.480 e. The van der Waals surface area contributed by atoms with Gasteiger partial charge in [-0.3, -0.25) is 9.69 Å². The molecule has 86 valence electrons. The third-order valence-electron chi connectivity index (χ3n) is 3.87. The zero-order valence-corrected chi connectivity index (χ0v) is 9.32. The standard InChI is InChI=1S/C12H21NO2/c14-12(15)11-7-4-8-13(11)9-10-5-2-1-3-6-10/h10-11H,1-9H2,(H,14,15). The molecular formula is C12H21NO2. The molecule has 2 rings (SSSR count). The maximum atomic E-state index is 11.0. The van der Waals surface area contributed by atoms with Crippen LogP contribution in [0.3, 0.4) is 0 Å². The molecule has 0 aromatic heterocycles. The molecule has 0 amide bonds. The predicted octanol–water partition coefficient (Wildman–Crippen LogP) is 2.12. The molecule has 1 saturated carbocycles. The van der Waals surface area contributed by atoms with Gasteiger partial charge in [0.2, 0.25) is 0 Å². The van der Waals surface area contributed by atoms with Gasteiger partial charge in [0.1, 0.15) is 6.04 Å². The summed E-state index contributed by atoms with van der Waals surface area (Å²) in [7, 11) is 0. The molecule has 1 aliphatic carbocycles. The van der Waals surface area contributed by atoms with E-state index in [2.05, 4.69) is 4.90 Å². The van der Waals surface area contributed by atoms with Crippen molar-refractivity contribution in [2.75, 3.05) is 13.1 Å². The van der Waals surface area contributed by atoms with Crippen LogP contribution in [0.2, 0.25) is 0 Å². The van der Waals surface area contributed by atoms with Gasteiger partial charge in [-0.05, 0) is 38.1 Å². The number of likely N-dealkylation sites (tertiary alicyclic amines) is 1. The SMILES string of the molecule is O=C(O)C1CCCN1CC1CCCCC1. The van der Waals surface area contributed by atoms with Crippen molar-refractivity contribution in [3.63, 3.8) is 0 Å².